The van der Waals surface area contributed by atoms with E-state index in [0.29, 0.717) is 11.7 Å². The number of thiazole rings is 1. The maximum Gasteiger partial charge on any atom is 0.240 e. The molecular weight excluding hydrogens is 234 g/mol. The fraction of sp³-hybridized carbons (Fsp3) is 0.500. The van der Waals surface area contributed by atoms with Crippen molar-refractivity contribution in [2.24, 2.45) is 0 Å². The van der Waals surface area contributed by atoms with Gasteiger partial charge in [0.15, 0.2) is 5.13 Å². The number of anilines is 1. The molecule has 0 spiro atoms. The minimum Gasteiger partial charge on any atom is -0.301 e. The molecule has 1 aromatic heterocycles. The van der Waals surface area contributed by atoms with Crippen LogP contribution in [0.3, 0.4) is 0 Å². The van der Waals surface area contributed by atoms with Crippen LogP contribution in [0.25, 0.3) is 0 Å². The van der Waals surface area contributed by atoms with Crippen LogP contribution in [0.5, 0.6) is 0 Å². The fourth-order valence-electron chi connectivity index (χ4n) is 1.09. The number of rotatable bonds is 4. The largest absolute Gasteiger partial charge is 0.301 e. The third-order valence-electron chi connectivity index (χ3n) is 2.03. The Morgan fingerprint density at radius 3 is 2.82 bits per heavy atom. The second kappa shape index (κ2) is 5.80. The first-order chi connectivity index (χ1) is 7.93. The third kappa shape index (κ3) is 4.55. The first kappa shape index (κ1) is 13.7. The molecule has 5 heteroatoms. The van der Waals surface area contributed by atoms with Crippen LogP contribution in [-0.4, -0.2) is 24.0 Å². The summed E-state index contributed by atoms with van der Waals surface area (Å²) in [5, 5.41) is 8.14. The van der Waals surface area contributed by atoms with Gasteiger partial charge in [-0.05, 0) is 0 Å². The average molecular weight is 251 g/mol. The zero-order valence-corrected chi connectivity index (χ0v) is 11.1. The van der Waals surface area contributed by atoms with E-state index in [0.717, 1.165) is 5.69 Å². The molecule has 17 heavy (non-hydrogen) atoms. The number of amides is 1. The first-order valence-electron chi connectivity index (χ1n) is 5.33. The van der Waals surface area contributed by atoms with Crippen molar-refractivity contribution < 1.29 is 4.79 Å². The van der Waals surface area contributed by atoms with Crippen molar-refractivity contribution in [3.05, 3.63) is 11.1 Å². The summed E-state index contributed by atoms with van der Waals surface area (Å²) in [6.07, 6.45) is 5.06. The molecular formula is C12H17N3OS. The summed E-state index contributed by atoms with van der Waals surface area (Å²) in [5.41, 5.74) is 0.982. The number of hydrogen-bond donors (Lipinski definition) is 2. The highest BCUT2D eigenvalue weighted by Crippen LogP contribution is 2.26. The summed E-state index contributed by atoms with van der Waals surface area (Å²) in [6.45, 7) is 6.85. The molecule has 0 atom stereocenters. The van der Waals surface area contributed by atoms with Gasteiger partial charge >= 0.3 is 0 Å². The van der Waals surface area contributed by atoms with Crippen LogP contribution < -0.4 is 10.6 Å². The standard InChI is InChI=1S/C12H17N3OS/c1-5-6-13-7-10(16)15-11-14-9(8-17-11)12(2,3)4/h1,8,13H,6-7H2,2-4H3,(H,14,15,16). The quantitative estimate of drug-likeness (QED) is 0.631. The molecule has 0 saturated heterocycles. The van der Waals surface area contributed by atoms with Crippen LogP contribution in [0.2, 0.25) is 0 Å². The molecule has 0 saturated carbocycles. The van der Waals surface area contributed by atoms with Crippen LogP contribution in [0.4, 0.5) is 5.13 Å². The summed E-state index contributed by atoms with van der Waals surface area (Å²) in [6, 6.07) is 0. The summed E-state index contributed by atoms with van der Waals surface area (Å²) >= 11 is 1.43. The van der Waals surface area contributed by atoms with Crippen LogP contribution in [-0.2, 0) is 10.2 Å². The van der Waals surface area contributed by atoms with E-state index in [4.69, 9.17) is 6.42 Å². The molecule has 2 N–H and O–H groups in total. The van der Waals surface area contributed by atoms with E-state index in [9.17, 15) is 4.79 Å². The minimum atomic E-state index is -0.130. The Hall–Kier alpha value is -1.38. The minimum absolute atomic E-state index is 0.00119. The lowest BCUT2D eigenvalue weighted by Gasteiger charge is -2.14. The normalized spacial score (nSPS) is 10.9. The summed E-state index contributed by atoms with van der Waals surface area (Å²) in [5.74, 6) is 2.28. The lowest BCUT2D eigenvalue weighted by Crippen LogP contribution is -2.28. The van der Waals surface area contributed by atoms with Gasteiger partial charge in [0, 0.05) is 10.8 Å². The number of aromatic nitrogens is 1. The van der Waals surface area contributed by atoms with Gasteiger partial charge in [-0.2, -0.15) is 0 Å². The lowest BCUT2D eigenvalue weighted by molar-refractivity contribution is -0.115. The molecule has 1 aromatic rings. The first-order valence-corrected chi connectivity index (χ1v) is 6.21. The molecule has 0 aliphatic heterocycles. The zero-order chi connectivity index (χ0) is 12.9. The van der Waals surface area contributed by atoms with Crippen molar-refractivity contribution in [3.8, 4) is 12.3 Å². The number of hydrogen-bond acceptors (Lipinski definition) is 4. The topological polar surface area (TPSA) is 54.0 Å². The highest BCUT2D eigenvalue weighted by atomic mass is 32.1. The van der Waals surface area contributed by atoms with Crippen molar-refractivity contribution in [1.29, 1.82) is 0 Å². The van der Waals surface area contributed by atoms with Crippen LogP contribution in [0.15, 0.2) is 5.38 Å². The van der Waals surface area contributed by atoms with Crippen molar-refractivity contribution >= 4 is 22.4 Å². The van der Waals surface area contributed by atoms with E-state index in [-0.39, 0.29) is 17.9 Å². The smallest absolute Gasteiger partial charge is 0.240 e. The molecule has 0 aromatic carbocycles. The van der Waals surface area contributed by atoms with E-state index in [1.54, 1.807) is 0 Å². The van der Waals surface area contributed by atoms with Crippen LogP contribution in [0.1, 0.15) is 26.5 Å². The average Bonchev–Trinajstić information content (AvgIpc) is 2.66. The second-order valence-corrected chi connectivity index (χ2v) is 5.50. The Labute approximate surface area is 106 Å². The fourth-order valence-corrected chi connectivity index (χ4v) is 2.04. The molecule has 1 rings (SSSR count). The van der Waals surface area contributed by atoms with Gasteiger partial charge in [0.25, 0.3) is 0 Å². The molecule has 4 nitrogen and oxygen atoms in total. The van der Waals surface area contributed by atoms with E-state index in [1.165, 1.54) is 11.3 Å². The molecule has 0 aliphatic carbocycles. The predicted molar refractivity (Wildman–Crippen MR) is 71.1 cm³/mol. The Kier molecular flexibility index (Phi) is 4.67. The van der Waals surface area contributed by atoms with Gasteiger partial charge in [-0.1, -0.05) is 26.7 Å². The lowest BCUT2D eigenvalue weighted by atomic mass is 9.93. The van der Waals surface area contributed by atoms with Gasteiger partial charge in [-0.3, -0.25) is 10.1 Å². The van der Waals surface area contributed by atoms with Gasteiger partial charge < -0.3 is 5.32 Å². The number of carbonyl (C=O) groups is 1. The highest BCUT2D eigenvalue weighted by molar-refractivity contribution is 7.13. The molecule has 0 bridgehead atoms. The number of carbonyl (C=O) groups excluding carboxylic acids is 1. The van der Waals surface area contributed by atoms with E-state index in [1.807, 2.05) is 5.38 Å². The Bertz CT molecular complexity index is 426. The van der Waals surface area contributed by atoms with Gasteiger partial charge in [0.05, 0.1) is 18.8 Å². The summed E-state index contributed by atoms with van der Waals surface area (Å²) in [4.78, 5) is 15.8. The molecule has 1 heterocycles. The Morgan fingerprint density at radius 2 is 2.29 bits per heavy atom. The molecule has 0 aliphatic rings. The van der Waals surface area contributed by atoms with Crippen molar-refractivity contribution in [2.45, 2.75) is 26.2 Å². The maximum atomic E-state index is 11.5. The SMILES string of the molecule is C#CCNCC(=O)Nc1nc(C(C)(C)C)cs1. The van der Waals surface area contributed by atoms with Crippen LogP contribution >= 0.6 is 11.3 Å². The molecule has 0 fully saturated rings. The van der Waals surface area contributed by atoms with E-state index < -0.39 is 0 Å². The van der Waals surface area contributed by atoms with E-state index >= 15 is 0 Å². The Balaban J connectivity index is 2.50. The molecule has 0 radical (unpaired) electrons. The summed E-state index contributed by atoms with van der Waals surface area (Å²) in [7, 11) is 0. The van der Waals surface area contributed by atoms with Crippen molar-refractivity contribution in [2.75, 3.05) is 18.4 Å². The third-order valence-corrected chi connectivity index (χ3v) is 2.79. The van der Waals surface area contributed by atoms with Crippen molar-refractivity contribution in [1.82, 2.24) is 10.3 Å². The molecule has 92 valence electrons. The Morgan fingerprint density at radius 1 is 1.59 bits per heavy atom. The number of terminal acetylenes is 1. The van der Waals surface area contributed by atoms with Gasteiger partial charge in [0.1, 0.15) is 0 Å². The second-order valence-electron chi connectivity index (χ2n) is 4.64. The van der Waals surface area contributed by atoms with Crippen molar-refractivity contribution in [3.63, 3.8) is 0 Å². The van der Waals surface area contributed by atoms with Crippen LogP contribution in [0, 0.1) is 12.3 Å². The molecule has 0 unspecified atom stereocenters. The zero-order valence-electron chi connectivity index (χ0n) is 10.3. The predicted octanol–water partition coefficient (Wildman–Crippen LogP) is 1.60. The van der Waals surface area contributed by atoms with Gasteiger partial charge in [-0.25, -0.2) is 4.98 Å². The maximum absolute atomic E-state index is 11.5. The monoisotopic (exact) mass is 251 g/mol. The van der Waals surface area contributed by atoms with Gasteiger partial charge in [-0.15, -0.1) is 17.8 Å². The van der Waals surface area contributed by atoms with E-state index in [2.05, 4.69) is 42.3 Å². The summed E-state index contributed by atoms with van der Waals surface area (Å²) < 4.78 is 0. The number of nitrogens with one attached hydrogen (secondary N) is 2. The van der Waals surface area contributed by atoms with Gasteiger partial charge in [0.2, 0.25) is 5.91 Å². The molecule has 1 amide bonds. The highest BCUT2D eigenvalue weighted by Gasteiger charge is 2.17. The number of nitrogens with zero attached hydrogens (tertiary/aromatic N) is 1.